The fraction of sp³-hybridized carbons (Fsp3) is 0.900. The molecule has 0 aromatic rings. The van der Waals surface area contributed by atoms with E-state index in [1.54, 1.807) is 0 Å². The number of hydrogen-bond acceptors (Lipinski definition) is 15. The number of hydrogen-bond donors (Lipinski definition) is 3. The molecular weight excluding hydrogens is 1290 g/mol. The third kappa shape index (κ3) is 73.6. The van der Waals surface area contributed by atoms with Gasteiger partial charge in [0.1, 0.15) is 19.3 Å². The molecule has 0 rings (SSSR count). The largest absolute Gasteiger partial charge is 0.472 e. The van der Waals surface area contributed by atoms with Crippen molar-refractivity contribution < 1.29 is 80.2 Å². The Morgan fingerprint density at radius 1 is 0.283 bits per heavy atom. The predicted octanol–water partition coefficient (Wildman–Crippen LogP) is 23.7. The summed E-state index contributed by atoms with van der Waals surface area (Å²) in [7, 11) is -9.93. The molecule has 2 unspecified atom stereocenters. The van der Waals surface area contributed by atoms with Crippen LogP contribution in [0.1, 0.15) is 407 Å². The van der Waals surface area contributed by atoms with Gasteiger partial charge in [0.15, 0.2) is 12.2 Å². The fourth-order valence-corrected chi connectivity index (χ4v) is 13.5. The minimum atomic E-state index is -4.96. The SMILES string of the molecule is CCCCCC/C=C\C=C/CCCCCCCC(=O)O[C@H](COC(=O)CCCCCCCCCCCCC)COP(=O)(O)OC[C@H](O)COP(=O)(O)OC[C@@H](COC(=O)CCCCCCCCCCCCCCCCCC)OC(=O)CCCCCCCCCCCCCCCCCCC. The molecule has 99 heavy (non-hydrogen) atoms. The van der Waals surface area contributed by atoms with Crippen LogP contribution in [0, 0.1) is 0 Å². The molecular formula is C80H152O17P2. The number of phosphoric acid groups is 2. The van der Waals surface area contributed by atoms with Gasteiger partial charge in [-0.05, 0) is 51.4 Å². The van der Waals surface area contributed by atoms with Crippen molar-refractivity contribution in [2.45, 2.75) is 425 Å². The van der Waals surface area contributed by atoms with Gasteiger partial charge in [-0.15, -0.1) is 0 Å². The molecule has 0 spiro atoms. The summed E-state index contributed by atoms with van der Waals surface area (Å²) in [5, 5.41) is 10.6. The first-order chi connectivity index (χ1) is 48.2. The van der Waals surface area contributed by atoms with E-state index in [1.807, 2.05) is 0 Å². The lowest BCUT2D eigenvalue weighted by molar-refractivity contribution is -0.161. The normalized spacial score (nSPS) is 14.0. The molecule has 5 atom stereocenters. The molecule has 0 aliphatic heterocycles. The molecule has 0 fully saturated rings. The zero-order valence-corrected chi connectivity index (χ0v) is 65.7. The van der Waals surface area contributed by atoms with Crippen LogP contribution in [-0.4, -0.2) is 96.7 Å². The minimum absolute atomic E-state index is 0.0859. The van der Waals surface area contributed by atoms with Crippen molar-refractivity contribution in [2.75, 3.05) is 39.6 Å². The van der Waals surface area contributed by atoms with Gasteiger partial charge in [0.25, 0.3) is 0 Å². The maximum atomic E-state index is 13.1. The quantitative estimate of drug-likeness (QED) is 0.0169. The van der Waals surface area contributed by atoms with Crippen LogP contribution in [0.3, 0.4) is 0 Å². The van der Waals surface area contributed by atoms with E-state index in [1.165, 1.54) is 225 Å². The highest BCUT2D eigenvalue weighted by molar-refractivity contribution is 7.47. The summed E-state index contributed by atoms with van der Waals surface area (Å²) in [5.74, 6) is -2.14. The van der Waals surface area contributed by atoms with Gasteiger partial charge in [0, 0.05) is 25.7 Å². The molecule has 584 valence electrons. The molecule has 0 bridgehead atoms. The molecule has 0 aromatic heterocycles. The van der Waals surface area contributed by atoms with Gasteiger partial charge in [0.05, 0.1) is 26.4 Å². The molecule has 17 nitrogen and oxygen atoms in total. The lowest BCUT2D eigenvalue weighted by Crippen LogP contribution is -2.30. The van der Waals surface area contributed by atoms with Crippen LogP contribution in [0.15, 0.2) is 24.3 Å². The summed E-state index contributed by atoms with van der Waals surface area (Å²) in [5.41, 5.74) is 0. The maximum absolute atomic E-state index is 13.1. The summed E-state index contributed by atoms with van der Waals surface area (Å²) < 4.78 is 68.6. The van der Waals surface area contributed by atoms with E-state index in [9.17, 15) is 43.2 Å². The lowest BCUT2D eigenvalue weighted by atomic mass is 10.0. The standard InChI is InChI=1S/C80H152O17P2/c1-5-9-13-17-21-25-29-32-35-37-40-43-47-51-55-59-63-67-80(85)97-76(71-91-78(83)65-61-57-53-49-45-41-39-36-33-30-26-22-18-14-10-6-2)73-95-99(88,89)93-69-74(81)68-92-98(86,87)94-72-75(70-90-77(82)64-60-56-52-48-44-28-24-20-16-12-8-4)96-79(84)66-62-58-54-50-46-42-38-34-31-27-23-19-15-11-7-3/h27,31,34,38,74-76,81H,5-26,28-30,32-33,35-37,39-73H2,1-4H3,(H,86,87)(H,88,89)/b31-27-,38-34-/t74-,75+,76+/m0/s1. The maximum Gasteiger partial charge on any atom is 0.472 e. The van der Waals surface area contributed by atoms with Crippen LogP contribution in [0.4, 0.5) is 0 Å². The number of aliphatic hydroxyl groups is 1. The molecule has 0 saturated heterocycles. The third-order valence-corrected chi connectivity index (χ3v) is 20.1. The average Bonchev–Trinajstić information content (AvgIpc) is 1.02. The molecule has 0 aromatic carbocycles. The van der Waals surface area contributed by atoms with Crippen molar-refractivity contribution in [1.29, 1.82) is 0 Å². The van der Waals surface area contributed by atoms with Crippen LogP contribution >= 0.6 is 15.6 Å². The average molecular weight is 1450 g/mol. The first-order valence-corrected chi connectivity index (χ1v) is 44.1. The van der Waals surface area contributed by atoms with E-state index in [0.29, 0.717) is 25.7 Å². The van der Waals surface area contributed by atoms with Crippen LogP contribution in [0.2, 0.25) is 0 Å². The Labute approximate surface area is 605 Å². The number of ether oxygens (including phenoxy) is 4. The Kier molecular flexibility index (Phi) is 72.0. The van der Waals surface area contributed by atoms with Crippen LogP contribution in [-0.2, 0) is 65.4 Å². The first-order valence-electron chi connectivity index (χ1n) is 41.1. The smallest absolute Gasteiger partial charge is 0.462 e. The van der Waals surface area contributed by atoms with Crippen LogP contribution in [0.25, 0.3) is 0 Å². The van der Waals surface area contributed by atoms with E-state index < -0.39 is 97.5 Å². The summed E-state index contributed by atoms with van der Waals surface area (Å²) in [4.78, 5) is 73.0. The number of carbonyl (C=O) groups is 4. The van der Waals surface area contributed by atoms with Crippen molar-refractivity contribution >= 4 is 39.5 Å². The zero-order valence-electron chi connectivity index (χ0n) is 64.0. The molecule has 0 heterocycles. The van der Waals surface area contributed by atoms with Gasteiger partial charge in [0.2, 0.25) is 0 Å². The van der Waals surface area contributed by atoms with Crippen molar-refractivity contribution in [1.82, 2.24) is 0 Å². The van der Waals surface area contributed by atoms with Gasteiger partial charge < -0.3 is 33.8 Å². The van der Waals surface area contributed by atoms with Crippen molar-refractivity contribution in [3.63, 3.8) is 0 Å². The van der Waals surface area contributed by atoms with Gasteiger partial charge in [-0.3, -0.25) is 37.3 Å². The second kappa shape index (κ2) is 73.8. The van der Waals surface area contributed by atoms with Crippen molar-refractivity contribution in [2.24, 2.45) is 0 Å². The molecule has 0 aliphatic rings. The van der Waals surface area contributed by atoms with E-state index in [2.05, 4.69) is 52.0 Å². The summed E-state index contributed by atoms with van der Waals surface area (Å²) >= 11 is 0. The highest BCUT2D eigenvalue weighted by Gasteiger charge is 2.30. The van der Waals surface area contributed by atoms with Gasteiger partial charge >= 0.3 is 39.5 Å². The Balaban J connectivity index is 5.28. The van der Waals surface area contributed by atoms with Crippen LogP contribution < -0.4 is 0 Å². The second-order valence-electron chi connectivity index (χ2n) is 28.1. The number of esters is 4. The molecule has 3 N–H and O–H groups in total. The molecule has 0 saturated carbocycles. The number of phosphoric ester groups is 2. The number of unbranched alkanes of at least 4 members (excludes halogenated alkanes) is 50. The lowest BCUT2D eigenvalue weighted by Gasteiger charge is -2.21. The van der Waals surface area contributed by atoms with Crippen molar-refractivity contribution in [3.05, 3.63) is 24.3 Å². The first kappa shape index (κ1) is 96.5. The van der Waals surface area contributed by atoms with Crippen LogP contribution in [0.5, 0.6) is 0 Å². The topological polar surface area (TPSA) is 237 Å². The predicted molar refractivity (Wildman–Crippen MR) is 405 cm³/mol. The minimum Gasteiger partial charge on any atom is -0.462 e. The Hall–Kier alpha value is -2.46. The zero-order chi connectivity index (χ0) is 72.5. The number of aliphatic hydroxyl groups excluding tert-OH is 1. The molecule has 0 aliphatic carbocycles. The fourth-order valence-electron chi connectivity index (χ4n) is 11.9. The highest BCUT2D eigenvalue weighted by Crippen LogP contribution is 2.45. The monoisotopic (exact) mass is 1450 g/mol. The summed E-state index contributed by atoms with van der Waals surface area (Å²) in [6, 6.07) is 0. The molecule has 0 amide bonds. The third-order valence-electron chi connectivity index (χ3n) is 18.2. The van der Waals surface area contributed by atoms with Gasteiger partial charge in [-0.25, -0.2) is 9.13 Å². The van der Waals surface area contributed by atoms with Gasteiger partial charge in [-0.2, -0.15) is 0 Å². The number of rotatable bonds is 79. The number of allylic oxidation sites excluding steroid dienone is 4. The second-order valence-corrected chi connectivity index (χ2v) is 31.0. The Bertz CT molecular complexity index is 1970. The summed E-state index contributed by atoms with van der Waals surface area (Å²) in [6.45, 7) is 4.95. The highest BCUT2D eigenvalue weighted by atomic mass is 31.2. The van der Waals surface area contributed by atoms with Crippen molar-refractivity contribution in [3.8, 4) is 0 Å². The van der Waals surface area contributed by atoms with E-state index in [-0.39, 0.29) is 25.7 Å². The Morgan fingerprint density at radius 2 is 0.485 bits per heavy atom. The Morgan fingerprint density at radius 3 is 0.737 bits per heavy atom. The molecule has 19 heteroatoms. The van der Waals surface area contributed by atoms with Gasteiger partial charge in [-0.1, -0.05) is 354 Å². The number of carbonyl (C=O) groups excluding carboxylic acids is 4. The summed E-state index contributed by atoms with van der Waals surface area (Å²) in [6.07, 6.45) is 68.6. The van der Waals surface area contributed by atoms with E-state index in [4.69, 9.17) is 37.0 Å². The molecule has 0 radical (unpaired) electrons. The van der Waals surface area contributed by atoms with E-state index in [0.717, 1.165) is 103 Å². The van der Waals surface area contributed by atoms with E-state index >= 15 is 0 Å².